The van der Waals surface area contributed by atoms with Crippen molar-refractivity contribution in [1.82, 2.24) is 30.4 Å². The van der Waals surface area contributed by atoms with Gasteiger partial charge in [-0.25, -0.2) is 4.79 Å². The zero-order valence-corrected chi connectivity index (χ0v) is 15.1. The predicted molar refractivity (Wildman–Crippen MR) is 92.1 cm³/mol. The number of nitrogens with zero attached hydrogens (tertiary/aromatic N) is 5. The van der Waals surface area contributed by atoms with Gasteiger partial charge in [0.2, 0.25) is 0 Å². The van der Waals surface area contributed by atoms with Gasteiger partial charge in [-0.3, -0.25) is 4.68 Å². The molecule has 1 atom stereocenters. The Morgan fingerprint density at radius 2 is 2.16 bits per heavy atom. The summed E-state index contributed by atoms with van der Waals surface area (Å²) in [5, 5.41) is 14.9. The molecule has 136 valence electrons. The second-order valence-electron chi connectivity index (χ2n) is 6.88. The summed E-state index contributed by atoms with van der Waals surface area (Å²) in [5.41, 5.74) is 1.99. The van der Waals surface area contributed by atoms with Crippen LogP contribution in [0.3, 0.4) is 0 Å². The van der Waals surface area contributed by atoms with E-state index < -0.39 is 0 Å². The predicted octanol–water partition coefficient (Wildman–Crippen LogP) is 2.11. The van der Waals surface area contributed by atoms with Crippen LogP contribution in [0.4, 0.5) is 4.79 Å². The number of nitrogens with one attached hydrogen (secondary N) is 1. The Morgan fingerprint density at radius 1 is 1.40 bits per heavy atom. The van der Waals surface area contributed by atoms with Crippen molar-refractivity contribution in [3.63, 3.8) is 0 Å². The first-order valence-corrected chi connectivity index (χ1v) is 8.84. The standard InChI is InChI=1S/C17H26N6O2/c1-12(16-13(2)20-25-14(16)3)10-18-17(24)22-7-4-15(5-8-22)11-23-9-6-19-21-23/h6,9,12,15H,4-5,7-8,10-11H2,1-3H3,(H,18,24)/t12-/m1/s1. The molecular weight excluding hydrogens is 320 g/mol. The van der Waals surface area contributed by atoms with E-state index >= 15 is 0 Å². The molecule has 2 aromatic heterocycles. The van der Waals surface area contributed by atoms with Gasteiger partial charge in [0.1, 0.15) is 5.76 Å². The summed E-state index contributed by atoms with van der Waals surface area (Å²) in [6.07, 6.45) is 5.57. The van der Waals surface area contributed by atoms with Crippen molar-refractivity contribution in [2.75, 3.05) is 19.6 Å². The lowest BCUT2D eigenvalue weighted by Crippen LogP contribution is -2.45. The van der Waals surface area contributed by atoms with Crippen LogP contribution in [0.5, 0.6) is 0 Å². The average molecular weight is 346 g/mol. The Balaban J connectivity index is 1.43. The van der Waals surface area contributed by atoms with Crippen LogP contribution in [-0.2, 0) is 6.54 Å². The molecule has 8 nitrogen and oxygen atoms in total. The minimum atomic E-state index is 0.0119. The van der Waals surface area contributed by atoms with Gasteiger partial charge < -0.3 is 14.7 Å². The van der Waals surface area contributed by atoms with E-state index in [-0.39, 0.29) is 11.9 Å². The second-order valence-corrected chi connectivity index (χ2v) is 6.88. The monoisotopic (exact) mass is 346 g/mol. The van der Waals surface area contributed by atoms with Crippen molar-refractivity contribution in [2.45, 2.75) is 46.1 Å². The zero-order chi connectivity index (χ0) is 17.8. The number of piperidine rings is 1. The number of urea groups is 1. The van der Waals surface area contributed by atoms with E-state index in [0.717, 1.165) is 49.5 Å². The first kappa shape index (κ1) is 17.4. The van der Waals surface area contributed by atoms with Gasteiger partial charge in [0.05, 0.1) is 11.9 Å². The van der Waals surface area contributed by atoms with E-state index in [2.05, 4.69) is 27.7 Å². The second kappa shape index (κ2) is 7.67. The summed E-state index contributed by atoms with van der Waals surface area (Å²) in [7, 11) is 0. The maximum atomic E-state index is 12.4. The molecule has 1 aliphatic rings. The van der Waals surface area contributed by atoms with Crippen molar-refractivity contribution in [3.05, 3.63) is 29.4 Å². The molecule has 0 saturated carbocycles. The molecule has 3 heterocycles. The van der Waals surface area contributed by atoms with Gasteiger partial charge >= 0.3 is 6.03 Å². The third-order valence-electron chi connectivity index (χ3n) is 4.96. The fraction of sp³-hybridized carbons (Fsp3) is 0.647. The first-order chi connectivity index (χ1) is 12.0. The minimum Gasteiger partial charge on any atom is -0.361 e. The molecular formula is C17H26N6O2. The molecule has 1 fully saturated rings. The summed E-state index contributed by atoms with van der Waals surface area (Å²) >= 11 is 0. The average Bonchev–Trinajstić information content (AvgIpc) is 3.23. The summed E-state index contributed by atoms with van der Waals surface area (Å²) in [5.74, 6) is 1.56. The van der Waals surface area contributed by atoms with E-state index in [0.29, 0.717) is 12.5 Å². The molecule has 1 aliphatic heterocycles. The third kappa shape index (κ3) is 4.18. The van der Waals surface area contributed by atoms with Gasteiger partial charge in [-0.1, -0.05) is 17.3 Å². The molecule has 0 unspecified atom stereocenters. The fourth-order valence-electron chi connectivity index (χ4n) is 3.56. The van der Waals surface area contributed by atoms with Gasteiger partial charge in [-0.05, 0) is 32.6 Å². The van der Waals surface area contributed by atoms with Crippen molar-refractivity contribution < 1.29 is 9.32 Å². The number of aromatic nitrogens is 4. The maximum absolute atomic E-state index is 12.4. The highest BCUT2D eigenvalue weighted by molar-refractivity contribution is 5.74. The van der Waals surface area contributed by atoms with Gasteiger partial charge in [0.25, 0.3) is 0 Å². The Kier molecular flexibility index (Phi) is 5.35. The largest absolute Gasteiger partial charge is 0.361 e. The Labute approximate surface area is 147 Å². The lowest BCUT2D eigenvalue weighted by Gasteiger charge is -2.32. The molecule has 0 bridgehead atoms. The molecule has 2 amide bonds. The van der Waals surface area contributed by atoms with Gasteiger partial charge in [0, 0.05) is 43.9 Å². The highest BCUT2D eigenvalue weighted by Gasteiger charge is 2.24. The molecule has 1 saturated heterocycles. The maximum Gasteiger partial charge on any atom is 0.317 e. The van der Waals surface area contributed by atoms with Gasteiger partial charge in [0.15, 0.2) is 0 Å². The summed E-state index contributed by atoms with van der Waals surface area (Å²) in [6, 6.07) is 0.0119. The Bertz CT molecular complexity index is 669. The van der Waals surface area contributed by atoms with Crippen molar-refractivity contribution in [1.29, 1.82) is 0 Å². The number of likely N-dealkylation sites (tertiary alicyclic amines) is 1. The minimum absolute atomic E-state index is 0.0119. The van der Waals surface area contributed by atoms with E-state index in [1.165, 1.54) is 0 Å². The van der Waals surface area contributed by atoms with E-state index in [1.807, 2.05) is 29.6 Å². The van der Waals surface area contributed by atoms with Crippen LogP contribution in [0.2, 0.25) is 0 Å². The van der Waals surface area contributed by atoms with E-state index in [1.54, 1.807) is 6.20 Å². The van der Waals surface area contributed by atoms with Crippen molar-refractivity contribution >= 4 is 6.03 Å². The topological polar surface area (TPSA) is 89.1 Å². The summed E-state index contributed by atoms with van der Waals surface area (Å²) < 4.78 is 7.08. The lowest BCUT2D eigenvalue weighted by molar-refractivity contribution is 0.163. The SMILES string of the molecule is Cc1noc(C)c1[C@H](C)CNC(=O)N1CCC(Cn2ccnn2)CC1. The van der Waals surface area contributed by atoms with Gasteiger partial charge in [-0.2, -0.15) is 0 Å². The zero-order valence-electron chi connectivity index (χ0n) is 15.1. The number of aryl methyl sites for hydroxylation is 2. The quantitative estimate of drug-likeness (QED) is 0.895. The van der Waals surface area contributed by atoms with Crippen LogP contribution in [0.15, 0.2) is 16.9 Å². The van der Waals surface area contributed by atoms with Crippen molar-refractivity contribution in [3.8, 4) is 0 Å². The Morgan fingerprint density at radius 3 is 2.76 bits per heavy atom. The van der Waals surface area contributed by atoms with E-state index in [4.69, 9.17) is 4.52 Å². The van der Waals surface area contributed by atoms with Crippen LogP contribution in [0, 0.1) is 19.8 Å². The van der Waals surface area contributed by atoms with Crippen LogP contribution < -0.4 is 5.32 Å². The Hall–Kier alpha value is -2.38. The lowest BCUT2D eigenvalue weighted by atomic mass is 9.97. The van der Waals surface area contributed by atoms with Crippen LogP contribution in [0.1, 0.15) is 42.7 Å². The normalized spacial score (nSPS) is 16.8. The molecule has 1 N–H and O–H groups in total. The molecule has 0 spiro atoms. The molecule has 0 aromatic carbocycles. The molecule has 0 aliphatic carbocycles. The molecule has 25 heavy (non-hydrogen) atoms. The molecule has 8 heteroatoms. The fourth-order valence-corrected chi connectivity index (χ4v) is 3.56. The number of amides is 2. The molecule has 0 radical (unpaired) electrons. The molecule has 3 rings (SSSR count). The number of carbonyl (C=O) groups excluding carboxylic acids is 1. The number of rotatable bonds is 5. The smallest absolute Gasteiger partial charge is 0.317 e. The molecule has 2 aromatic rings. The van der Waals surface area contributed by atoms with Crippen LogP contribution in [-0.4, -0.2) is 50.7 Å². The number of hydrogen-bond acceptors (Lipinski definition) is 5. The number of hydrogen-bond donors (Lipinski definition) is 1. The van der Waals surface area contributed by atoms with Gasteiger partial charge in [-0.15, -0.1) is 5.10 Å². The summed E-state index contributed by atoms with van der Waals surface area (Å²) in [6.45, 7) is 8.95. The highest BCUT2D eigenvalue weighted by Crippen LogP contribution is 2.23. The van der Waals surface area contributed by atoms with Crippen molar-refractivity contribution in [2.24, 2.45) is 5.92 Å². The third-order valence-corrected chi connectivity index (χ3v) is 4.96. The van der Waals surface area contributed by atoms with E-state index in [9.17, 15) is 4.79 Å². The highest BCUT2D eigenvalue weighted by atomic mass is 16.5. The van der Waals surface area contributed by atoms with Crippen LogP contribution >= 0.6 is 0 Å². The van der Waals surface area contributed by atoms with Crippen LogP contribution in [0.25, 0.3) is 0 Å². The first-order valence-electron chi connectivity index (χ1n) is 8.84. The number of carbonyl (C=O) groups is 1. The summed E-state index contributed by atoms with van der Waals surface area (Å²) in [4.78, 5) is 14.3.